The third-order valence-electron chi connectivity index (χ3n) is 5.73. The molecular weight excluding hydrogens is 304 g/mol. The van der Waals surface area contributed by atoms with Crippen LogP contribution in [-0.2, 0) is 17.8 Å². The first kappa shape index (κ1) is 14.2. The lowest BCUT2D eigenvalue weighted by Crippen LogP contribution is -2.52. The van der Waals surface area contributed by atoms with E-state index in [1.54, 1.807) is 6.07 Å². The van der Waals surface area contributed by atoms with E-state index < -0.39 is 0 Å². The zero-order valence-electron chi connectivity index (χ0n) is 13.3. The van der Waals surface area contributed by atoms with Gasteiger partial charge >= 0.3 is 0 Å². The van der Waals surface area contributed by atoms with Crippen molar-refractivity contribution >= 4 is 16.8 Å². The topological polar surface area (TPSA) is 75.2 Å². The first-order valence-electron chi connectivity index (χ1n) is 8.65. The molecule has 1 aromatic heterocycles. The number of amides is 1. The molecule has 24 heavy (non-hydrogen) atoms. The predicted molar refractivity (Wildman–Crippen MR) is 90.4 cm³/mol. The fourth-order valence-electron chi connectivity index (χ4n) is 4.65. The molecule has 4 heterocycles. The molecule has 0 aliphatic carbocycles. The average Bonchev–Trinajstić information content (AvgIpc) is 3.05. The minimum absolute atomic E-state index is 0.0398. The zero-order chi connectivity index (χ0) is 16.3. The van der Waals surface area contributed by atoms with Crippen LogP contribution >= 0.6 is 0 Å². The number of rotatable bonds is 1. The van der Waals surface area contributed by atoms with Crippen LogP contribution in [0.3, 0.4) is 0 Å². The van der Waals surface area contributed by atoms with Gasteiger partial charge in [-0.1, -0.05) is 18.2 Å². The first-order valence-corrected chi connectivity index (χ1v) is 8.65. The SMILES string of the molecule is O=C1CC(c2cc(=O)n3c4c(cccc24)CCC3)C2CNNC2N1. The highest BCUT2D eigenvalue weighted by molar-refractivity contribution is 5.88. The Morgan fingerprint density at radius 3 is 3.04 bits per heavy atom. The summed E-state index contributed by atoms with van der Waals surface area (Å²) in [5.74, 6) is 0.358. The van der Waals surface area contributed by atoms with E-state index >= 15 is 0 Å². The maximum absolute atomic E-state index is 12.7. The van der Waals surface area contributed by atoms with Gasteiger partial charge in [-0.25, -0.2) is 5.43 Å². The minimum atomic E-state index is -0.0650. The van der Waals surface area contributed by atoms with Gasteiger partial charge in [-0.2, -0.15) is 0 Å². The van der Waals surface area contributed by atoms with Crippen LogP contribution < -0.4 is 21.7 Å². The maximum atomic E-state index is 12.7. The van der Waals surface area contributed by atoms with Crippen molar-refractivity contribution in [1.82, 2.24) is 20.7 Å². The summed E-state index contributed by atoms with van der Waals surface area (Å²) in [7, 11) is 0. The Labute approximate surface area is 139 Å². The number of pyridine rings is 1. The van der Waals surface area contributed by atoms with Gasteiger partial charge < -0.3 is 9.88 Å². The summed E-state index contributed by atoms with van der Waals surface area (Å²) >= 11 is 0. The van der Waals surface area contributed by atoms with Gasteiger partial charge in [0.05, 0.1) is 11.7 Å². The summed E-state index contributed by atoms with van der Waals surface area (Å²) in [5, 5.41) is 4.13. The Hall–Kier alpha value is -2.18. The highest BCUT2D eigenvalue weighted by Gasteiger charge is 2.41. The second kappa shape index (κ2) is 5.16. The number of carbonyl (C=O) groups excluding carboxylic acids is 1. The predicted octanol–water partition coefficient (Wildman–Crippen LogP) is 0.601. The molecule has 1 aromatic carbocycles. The van der Waals surface area contributed by atoms with E-state index in [0.717, 1.165) is 42.4 Å². The van der Waals surface area contributed by atoms with Gasteiger partial charge in [0.2, 0.25) is 5.91 Å². The van der Waals surface area contributed by atoms with Crippen LogP contribution in [0.5, 0.6) is 0 Å². The van der Waals surface area contributed by atoms with Crippen LogP contribution in [-0.4, -0.2) is 23.2 Å². The number of piperidine rings is 1. The van der Waals surface area contributed by atoms with Crippen molar-refractivity contribution in [2.45, 2.75) is 37.9 Å². The third kappa shape index (κ3) is 1.96. The molecule has 3 N–H and O–H groups in total. The number of carbonyl (C=O) groups is 1. The van der Waals surface area contributed by atoms with Crippen molar-refractivity contribution in [2.75, 3.05) is 6.54 Å². The molecule has 0 radical (unpaired) electrons. The van der Waals surface area contributed by atoms with Crippen LogP contribution in [0.4, 0.5) is 0 Å². The van der Waals surface area contributed by atoms with Gasteiger partial charge in [-0.15, -0.1) is 0 Å². The molecular formula is C18H20N4O2. The van der Waals surface area contributed by atoms with Crippen LogP contribution in [0.2, 0.25) is 0 Å². The second-order valence-electron chi connectivity index (χ2n) is 7.05. The van der Waals surface area contributed by atoms with Gasteiger partial charge in [-0.05, 0) is 24.0 Å². The fourth-order valence-corrected chi connectivity index (χ4v) is 4.65. The number of hydrogen-bond acceptors (Lipinski definition) is 4. The Balaban J connectivity index is 1.74. The number of hydrazine groups is 1. The molecule has 3 unspecified atom stereocenters. The summed E-state index contributed by atoms with van der Waals surface area (Å²) in [6.45, 7) is 1.58. The van der Waals surface area contributed by atoms with Crippen molar-refractivity contribution in [1.29, 1.82) is 0 Å². The summed E-state index contributed by atoms with van der Waals surface area (Å²) in [5.41, 5.74) is 9.69. The molecule has 6 heteroatoms. The minimum Gasteiger partial charge on any atom is -0.339 e. The standard InChI is InChI=1S/C18H20N4O2/c23-15-7-12(14-9-19-21-18(14)20-15)13-8-16(24)22-6-2-4-10-3-1-5-11(13)17(10)22/h1,3,5,8,12,14,18-19,21H,2,4,6-7,9H2,(H,20,23). The molecule has 2 saturated heterocycles. The quantitative estimate of drug-likeness (QED) is 0.718. The van der Waals surface area contributed by atoms with E-state index in [1.165, 1.54) is 5.56 Å². The van der Waals surface area contributed by atoms with Gasteiger partial charge in [0, 0.05) is 42.8 Å². The summed E-state index contributed by atoms with van der Waals surface area (Å²) < 4.78 is 1.91. The van der Waals surface area contributed by atoms with E-state index in [2.05, 4.69) is 34.4 Å². The molecule has 2 aromatic rings. The Bertz CT molecular complexity index is 904. The number of aromatic nitrogens is 1. The second-order valence-corrected chi connectivity index (χ2v) is 7.05. The van der Waals surface area contributed by atoms with Crippen molar-refractivity contribution in [2.24, 2.45) is 5.92 Å². The summed E-state index contributed by atoms with van der Waals surface area (Å²) in [6.07, 6.45) is 2.40. The molecule has 3 aliphatic heterocycles. The van der Waals surface area contributed by atoms with Gasteiger partial charge in [0.25, 0.3) is 5.56 Å². The normalized spacial score (nSPS) is 28.7. The lowest BCUT2D eigenvalue weighted by atomic mass is 9.78. The number of nitrogens with one attached hydrogen (secondary N) is 3. The average molecular weight is 324 g/mol. The largest absolute Gasteiger partial charge is 0.339 e. The Morgan fingerprint density at radius 2 is 2.12 bits per heavy atom. The number of benzene rings is 1. The first-order chi connectivity index (χ1) is 11.7. The Kier molecular flexibility index (Phi) is 3.05. The number of aryl methyl sites for hydroxylation is 2. The lowest BCUT2D eigenvalue weighted by molar-refractivity contribution is -0.124. The zero-order valence-corrected chi connectivity index (χ0v) is 13.3. The molecule has 6 nitrogen and oxygen atoms in total. The molecule has 2 fully saturated rings. The van der Waals surface area contributed by atoms with Gasteiger partial charge in [0.15, 0.2) is 0 Å². The third-order valence-corrected chi connectivity index (χ3v) is 5.73. The van der Waals surface area contributed by atoms with Crippen molar-refractivity contribution in [3.8, 4) is 0 Å². The lowest BCUT2D eigenvalue weighted by Gasteiger charge is -2.34. The van der Waals surface area contributed by atoms with Crippen LogP contribution in [0.15, 0.2) is 29.1 Å². The van der Waals surface area contributed by atoms with Gasteiger partial charge in [0.1, 0.15) is 0 Å². The highest BCUT2D eigenvalue weighted by Crippen LogP contribution is 2.38. The van der Waals surface area contributed by atoms with Crippen LogP contribution in [0.25, 0.3) is 10.9 Å². The van der Waals surface area contributed by atoms with E-state index in [1.807, 2.05) is 4.57 Å². The fraction of sp³-hybridized carbons (Fsp3) is 0.444. The summed E-state index contributed by atoms with van der Waals surface area (Å²) in [6, 6.07) is 8.08. The van der Waals surface area contributed by atoms with E-state index in [-0.39, 0.29) is 29.5 Å². The number of hydrogen-bond donors (Lipinski definition) is 3. The number of fused-ring (bicyclic) bond motifs is 1. The van der Waals surface area contributed by atoms with Crippen LogP contribution in [0.1, 0.15) is 29.9 Å². The van der Waals surface area contributed by atoms with E-state index in [0.29, 0.717) is 6.42 Å². The molecule has 0 spiro atoms. The van der Waals surface area contributed by atoms with E-state index in [4.69, 9.17) is 0 Å². The monoisotopic (exact) mass is 324 g/mol. The Morgan fingerprint density at radius 1 is 1.21 bits per heavy atom. The van der Waals surface area contributed by atoms with E-state index in [9.17, 15) is 9.59 Å². The smallest absolute Gasteiger partial charge is 0.251 e. The molecule has 3 atom stereocenters. The molecule has 1 amide bonds. The molecule has 3 aliphatic rings. The van der Waals surface area contributed by atoms with Crippen LogP contribution in [0, 0.1) is 5.92 Å². The maximum Gasteiger partial charge on any atom is 0.251 e. The van der Waals surface area contributed by atoms with Crippen molar-refractivity contribution < 1.29 is 4.79 Å². The molecule has 0 bridgehead atoms. The molecule has 5 rings (SSSR count). The van der Waals surface area contributed by atoms with Crippen molar-refractivity contribution in [3.63, 3.8) is 0 Å². The van der Waals surface area contributed by atoms with Gasteiger partial charge in [-0.3, -0.25) is 15.0 Å². The molecule has 0 saturated carbocycles. The highest BCUT2D eigenvalue weighted by atomic mass is 16.2. The summed E-state index contributed by atoms with van der Waals surface area (Å²) in [4.78, 5) is 24.9. The van der Waals surface area contributed by atoms with Crippen molar-refractivity contribution in [3.05, 3.63) is 45.7 Å². The number of para-hydroxylation sites is 1. The molecule has 124 valence electrons. The number of nitrogens with zero attached hydrogens (tertiary/aromatic N) is 1.